The van der Waals surface area contributed by atoms with Crippen LogP contribution in [0.25, 0.3) is 4.85 Å². The van der Waals surface area contributed by atoms with Gasteiger partial charge in [-0.1, -0.05) is 18.0 Å². The van der Waals surface area contributed by atoms with Crippen molar-refractivity contribution in [1.29, 1.82) is 0 Å². The Labute approximate surface area is 111 Å². The van der Waals surface area contributed by atoms with Crippen molar-refractivity contribution in [2.45, 2.75) is 38.1 Å². The molecule has 2 atom stereocenters. The molecule has 1 fully saturated rings. The largest absolute Gasteiger partial charge is 0.328 e. The van der Waals surface area contributed by atoms with Crippen molar-refractivity contribution in [3.05, 3.63) is 34.1 Å². The van der Waals surface area contributed by atoms with E-state index in [2.05, 4.69) is 9.83 Å². The quantitative estimate of drug-likeness (QED) is 0.658. The molecule has 5 heteroatoms. The van der Waals surface area contributed by atoms with Crippen LogP contribution in [0.4, 0.5) is 10.1 Å². The lowest BCUT2D eigenvalue weighted by molar-refractivity contribution is 0.316. The van der Waals surface area contributed by atoms with Crippen molar-refractivity contribution in [1.82, 2.24) is 4.98 Å². The molecule has 2 N–H and O–H groups in total. The number of pyridine rings is 1. The van der Waals surface area contributed by atoms with E-state index in [1.165, 1.54) is 6.07 Å². The fourth-order valence-electron chi connectivity index (χ4n) is 2.51. The molecular weight excluding hydrogens is 253 g/mol. The summed E-state index contributed by atoms with van der Waals surface area (Å²) in [6.07, 6.45) is 4.64. The van der Waals surface area contributed by atoms with Gasteiger partial charge in [-0.3, -0.25) is 0 Å². The minimum atomic E-state index is -0.440. The SMILES string of the molecule is [C-]#[N+]c1cc(F)c(C[C@@H]2CCC[C@H](N)C2)nc1Cl. The van der Waals surface area contributed by atoms with Crippen LogP contribution in [0.5, 0.6) is 0 Å². The van der Waals surface area contributed by atoms with Gasteiger partial charge in [0.25, 0.3) is 0 Å². The molecular formula is C13H15ClFN3. The van der Waals surface area contributed by atoms with E-state index >= 15 is 0 Å². The predicted molar refractivity (Wildman–Crippen MR) is 69.1 cm³/mol. The highest BCUT2D eigenvalue weighted by atomic mass is 35.5. The minimum absolute atomic E-state index is 0.0678. The van der Waals surface area contributed by atoms with Crippen molar-refractivity contribution in [2.24, 2.45) is 11.7 Å². The Bertz CT molecular complexity index is 484. The highest BCUT2D eigenvalue weighted by molar-refractivity contribution is 6.32. The Morgan fingerprint density at radius 3 is 3.00 bits per heavy atom. The van der Waals surface area contributed by atoms with Gasteiger partial charge in [-0.05, 0) is 37.7 Å². The molecule has 96 valence electrons. The summed E-state index contributed by atoms with van der Waals surface area (Å²) in [6, 6.07) is 1.38. The summed E-state index contributed by atoms with van der Waals surface area (Å²) in [7, 11) is 0. The normalized spacial score (nSPS) is 23.7. The Morgan fingerprint density at radius 2 is 2.33 bits per heavy atom. The van der Waals surface area contributed by atoms with E-state index in [1.807, 2.05) is 0 Å². The van der Waals surface area contributed by atoms with Gasteiger partial charge < -0.3 is 5.73 Å². The van der Waals surface area contributed by atoms with Gasteiger partial charge in [-0.25, -0.2) is 14.2 Å². The molecule has 2 rings (SSSR count). The van der Waals surface area contributed by atoms with Gasteiger partial charge in [-0.15, -0.1) is 0 Å². The molecule has 1 aliphatic carbocycles. The van der Waals surface area contributed by atoms with Crippen molar-refractivity contribution >= 4 is 17.3 Å². The van der Waals surface area contributed by atoms with Gasteiger partial charge in [0.15, 0.2) is 0 Å². The summed E-state index contributed by atoms with van der Waals surface area (Å²) in [4.78, 5) is 7.12. The monoisotopic (exact) mass is 267 g/mol. The lowest BCUT2D eigenvalue weighted by Gasteiger charge is -2.26. The van der Waals surface area contributed by atoms with Crippen LogP contribution in [0.3, 0.4) is 0 Å². The van der Waals surface area contributed by atoms with E-state index in [0.717, 1.165) is 25.7 Å². The molecule has 0 unspecified atom stereocenters. The first-order valence-electron chi connectivity index (χ1n) is 6.08. The number of hydrogen-bond acceptors (Lipinski definition) is 2. The Morgan fingerprint density at radius 1 is 1.56 bits per heavy atom. The highest BCUT2D eigenvalue weighted by Crippen LogP contribution is 2.30. The van der Waals surface area contributed by atoms with Crippen molar-refractivity contribution in [3.8, 4) is 0 Å². The van der Waals surface area contributed by atoms with Gasteiger partial charge in [0.05, 0.1) is 12.3 Å². The van der Waals surface area contributed by atoms with Crippen LogP contribution >= 0.6 is 11.6 Å². The number of halogens is 2. The van der Waals surface area contributed by atoms with Gasteiger partial charge in [0, 0.05) is 6.04 Å². The topological polar surface area (TPSA) is 43.3 Å². The second-order valence-corrected chi connectivity index (χ2v) is 5.19. The maximum atomic E-state index is 13.8. The predicted octanol–water partition coefficient (Wildman–Crippen LogP) is 3.48. The first-order chi connectivity index (χ1) is 8.60. The maximum Gasteiger partial charge on any atom is 0.226 e. The summed E-state index contributed by atoms with van der Waals surface area (Å²) >= 11 is 5.83. The lowest BCUT2D eigenvalue weighted by atomic mass is 9.83. The van der Waals surface area contributed by atoms with E-state index < -0.39 is 5.82 Å². The van der Waals surface area contributed by atoms with Crippen LogP contribution in [0, 0.1) is 18.3 Å². The molecule has 1 aliphatic rings. The Kier molecular flexibility index (Phi) is 4.15. The van der Waals surface area contributed by atoms with Crippen LogP contribution in [-0.4, -0.2) is 11.0 Å². The molecule has 1 saturated carbocycles. The second kappa shape index (κ2) is 5.64. The molecule has 0 aliphatic heterocycles. The molecule has 0 saturated heterocycles. The summed E-state index contributed by atoms with van der Waals surface area (Å²) in [6.45, 7) is 6.85. The van der Waals surface area contributed by atoms with Crippen molar-refractivity contribution < 1.29 is 4.39 Å². The first kappa shape index (κ1) is 13.3. The Balaban J connectivity index is 2.14. The third-order valence-electron chi connectivity index (χ3n) is 3.41. The van der Waals surface area contributed by atoms with E-state index in [-0.39, 0.29) is 16.9 Å². The summed E-state index contributed by atoms with van der Waals surface area (Å²) in [5, 5.41) is 0.0847. The van der Waals surface area contributed by atoms with Gasteiger partial charge in [-0.2, -0.15) is 0 Å². The van der Waals surface area contributed by atoms with Crippen LogP contribution in [0.1, 0.15) is 31.4 Å². The minimum Gasteiger partial charge on any atom is -0.328 e. The smallest absolute Gasteiger partial charge is 0.226 e. The number of aromatic nitrogens is 1. The number of nitrogens with zero attached hydrogens (tertiary/aromatic N) is 2. The fraction of sp³-hybridized carbons (Fsp3) is 0.538. The average molecular weight is 268 g/mol. The fourth-order valence-corrected chi connectivity index (χ4v) is 2.70. The molecule has 0 spiro atoms. The van der Waals surface area contributed by atoms with Gasteiger partial charge in [0.2, 0.25) is 5.69 Å². The number of hydrogen-bond donors (Lipinski definition) is 1. The zero-order valence-corrected chi connectivity index (χ0v) is 10.8. The molecule has 1 heterocycles. The second-order valence-electron chi connectivity index (χ2n) is 4.84. The Hall–Kier alpha value is -1.18. The lowest BCUT2D eigenvalue weighted by Crippen LogP contribution is -2.29. The van der Waals surface area contributed by atoms with Gasteiger partial charge in [0.1, 0.15) is 11.0 Å². The maximum absolute atomic E-state index is 13.8. The summed E-state index contributed by atoms with van der Waals surface area (Å²) < 4.78 is 13.8. The van der Waals surface area contributed by atoms with Crippen LogP contribution in [0.15, 0.2) is 6.07 Å². The van der Waals surface area contributed by atoms with E-state index in [4.69, 9.17) is 23.9 Å². The molecule has 0 bridgehead atoms. The molecule has 0 radical (unpaired) electrons. The first-order valence-corrected chi connectivity index (χ1v) is 6.46. The zero-order chi connectivity index (χ0) is 13.1. The molecule has 1 aromatic rings. The number of rotatable bonds is 2. The number of nitrogens with two attached hydrogens (primary N) is 1. The average Bonchev–Trinajstić information content (AvgIpc) is 2.33. The van der Waals surface area contributed by atoms with E-state index in [0.29, 0.717) is 18.0 Å². The van der Waals surface area contributed by atoms with Crippen LogP contribution in [-0.2, 0) is 6.42 Å². The van der Waals surface area contributed by atoms with Crippen molar-refractivity contribution in [3.63, 3.8) is 0 Å². The summed E-state index contributed by atoms with van der Waals surface area (Å²) in [5.41, 5.74) is 6.33. The van der Waals surface area contributed by atoms with Gasteiger partial charge >= 0.3 is 0 Å². The molecule has 0 aromatic carbocycles. The van der Waals surface area contributed by atoms with E-state index in [1.54, 1.807) is 0 Å². The highest BCUT2D eigenvalue weighted by Gasteiger charge is 2.22. The third kappa shape index (κ3) is 2.98. The molecule has 1 aromatic heterocycles. The van der Waals surface area contributed by atoms with E-state index in [9.17, 15) is 4.39 Å². The third-order valence-corrected chi connectivity index (χ3v) is 3.69. The van der Waals surface area contributed by atoms with Crippen LogP contribution < -0.4 is 5.73 Å². The molecule has 18 heavy (non-hydrogen) atoms. The molecule has 3 nitrogen and oxygen atoms in total. The zero-order valence-electron chi connectivity index (χ0n) is 10.00. The standard InChI is InChI=1S/C13H15ClFN3/c1-17-12-7-10(15)11(18-13(12)14)6-8-3-2-4-9(16)5-8/h7-9H,2-6,16H2/t8-,9+/m1/s1. The van der Waals surface area contributed by atoms with Crippen LogP contribution in [0.2, 0.25) is 5.15 Å². The molecule has 0 amide bonds. The summed E-state index contributed by atoms with van der Waals surface area (Å²) in [5.74, 6) is -0.0739. The van der Waals surface area contributed by atoms with Crippen molar-refractivity contribution in [2.75, 3.05) is 0 Å².